The molecule has 19 heavy (non-hydrogen) atoms. The van der Waals surface area contributed by atoms with Gasteiger partial charge in [0.2, 0.25) is 0 Å². The zero-order chi connectivity index (χ0) is 14.3. The van der Waals surface area contributed by atoms with Crippen LogP contribution in [0.2, 0.25) is 0 Å². The van der Waals surface area contributed by atoms with Crippen LogP contribution in [0, 0.1) is 0 Å². The second kappa shape index (κ2) is 7.95. The summed E-state index contributed by atoms with van der Waals surface area (Å²) in [5.74, 6) is 0.598. The van der Waals surface area contributed by atoms with Gasteiger partial charge in [0.25, 0.3) is 5.91 Å². The first-order valence-electron chi connectivity index (χ1n) is 7.11. The summed E-state index contributed by atoms with van der Waals surface area (Å²) in [6.45, 7) is 5.83. The Morgan fingerprint density at radius 2 is 1.79 bits per heavy atom. The number of hydrogen-bond acceptors (Lipinski definition) is 2. The summed E-state index contributed by atoms with van der Waals surface area (Å²) in [7, 11) is 1.86. The third-order valence-corrected chi connectivity index (χ3v) is 3.37. The molecule has 0 aliphatic rings. The predicted molar refractivity (Wildman–Crippen MR) is 80.4 cm³/mol. The summed E-state index contributed by atoms with van der Waals surface area (Å²) >= 11 is 0. The Morgan fingerprint density at radius 3 is 2.32 bits per heavy atom. The fraction of sp³-hybridized carbons (Fsp3) is 0.562. The molecule has 0 fully saturated rings. The molecule has 0 aliphatic carbocycles. The number of carbonyl (C=O) groups is 1. The fourth-order valence-corrected chi connectivity index (χ4v) is 2.00. The van der Waals surface area contributed by atoms with Crippen LogP contribution in [-0.2, 0) is 0 Å². The summed E-state index contributed by atoms with van der Waals surface area (Å²) < 4.78 is 0. The van der Waals surface area contributed by atoms with Gasteiger partial charge in [-0.15, -0.1) is 0 Å². The Balaban J connectivity index is 2.51. The smallest absolute Gasteiger partial charge is 0.253 e. The molecule has 1 rings (SSSR count). The predicted octanol–water partition coefficient (Wildman–Crippen LogP) is 3.01. The molecule has 0 heterocycles. The van der Waals surface area contributed by atoms with E-state index in [0.29, 0.717) is 5.92 Å². The van der Waals surface area contributed by atoms with Gasteiger partial charge >= 0.3 is 0 Å². The molecule has 2 N–H and O–H groups in total. The van der Waals surface area contributed by atoms with Crippen LogP contribution >= 0.6 is 0 Å². The second-order valence-corrected chi connectivity index (χ2v) is 5.35. The number of rotatable bonds is 7. The molecule has 1 aromatic carbocycles. The van der Waals surface area contributed by atoms with Crippen LogP contribution in [0.5, 0.6) is 0 Å². The normalized spacial score (nSPS) is 10.8. The number of unbranched alkanes of at least 4 members (excludes halogenated alkanes) is 2. The standard InChI is InChI=1S/C16H26N2O/c1-13(2)14-7-9-15(10-8-14)16(19)18(3)12-6-4-5-11-17/h7-10,13H,4-6,11-12,17H2,1-3H3. The summed E-state index contributed by atoms with van der Waals surface area (Å²) in [4.78, 5) is 14.0. The Bertz CT molecular complexity index is 384. The third kappa shape index (κ3) is 5.03. The minimum Gasteiger partial charge on any atom is -0.342 e. The Labute approximate surface area is 116 Å². The molecule has 1 aromatic rings. The number of hydrogen-bond donors (Lipinski definition) is 1. The van der Waals surface area contributed by atoms with E-state index in [2.05, 4.69) is 13.8 Å². The van der Waals surface area contributed by atoms with Crippen molar-refractivity contribution in [2.24, 2.45) is 5.73 Å². The molecule has 3 heteroatoms. The molecule has 106 valence electrons. The van der Waals surface area contributed by atoms with E-state index in [-0.39, 0.29) is 5.91 Å². The zero-order valence-corrected chi connectivity index (χ0v) is 12.4. The van der Waals surface area contributed by atoms with E-state index in [1.54, 1.807) is 4.90 Å². The lowest BCUT2D eigenvalue weighted by Crippen LogP contribution is -2.27. The van der Waals surface area contributed by atoms with Gasteiger partial charge in [0.05, 0.1) is 0 Å². The second-order valence-electron chi connectivity index (χ2n) is 5.35. The Morgan fingerprint density at radius 1 is 1.16 bits per heavy atom. The zero-order valence-electron chi connectivity index (χ0n) is 12.4. The first kappa shape index (κ1) is 15.7. The SMILES string of the molecule is CC(C)c1ccc(C(=O)N(C)CCCCCN)cc1. The lowest BCUT2D eigenvalue weighted by molar-refractivity contribution is 0.0792. The van der Waals surface area contributed by atoms with Crippen molar-refractivity contribution in [1.82, 2.24) is 4.90 Å². The molecule has 0 atom stereocenters. The van der Waals surface area contributed by atoms with Crippen LogP contribution < -0.4 is 5.73 Å². The maximum atomic E-state index is 12.2. The molecule has 0 aliphatic heterocycles. The molecule has 0 spiro atoms. The highest BCUT2D eigenvalue weighted by Gasteiger charge is 2.11. The fourth-order valence-electron chi connectivity index (χ4n) is 2.00. The molecule has 0 saturated heterocycles. The van der Waals surface area contributed by atoms with Crippen molar-refractivity contribution < 1.29 is 4.79 Å². The quantitative estimate of drug-likeness (QED) is 0.768. The van der Waals surface area contributed by atoms with Crippen LogP contribution in [-0.4, -0.2) is 30.9 Å². The maximum Gasteiger partial charge on any atom is 0.253 e. The van der Waals surface area contributed by atoms with E-state index >= 15 is 0 Å². The molecule has 0 aromatic heterocycles. The van der Waals surface area contributed by atoms with E-state index in [1.807, 2.05) is 31.3 Å². The van der Waals surface area contributed by atoms with Crippen LogP contribution in [0.1, 0.15) is 54.9 Å². The first-order chi connectivity index (χ1) is 9.06. The number of nitrogens with zero attached hydrogens (tertiary/aromatic N) is 1. The summed E-state index contributed by atoms with van der Waals surface area (Å²) in [5, 5.41) is 0. The molecular weight excluding hydrogens is 236 g/mol. The Hall–Kier alpha value is -1.35. The van der Waals surface area contributed by atoms with Gasteiger partial charge in [0.1, 0.15) is 0 Å². The third-order valence-electron chi connectivity index (χ3n) is 3.37. The van der Waals surface area contributed by atoms with Crippen molar-refractivity contribution in [2.75, 3.05) is 20.1 Å². The molecule has 0 unspecified atom stereocenters. The van der Waals surface area contributed by atoms with E-state index in [1.165, 1.54) is 5.56 Å². The number of benzene rings is 1. The van der Waals surface area contributed by atoms with E-state index in [4.69, 9.17) is 5.73 Å². The van der Waals surface area contributed by atoms with Crippen molar-refractivity contribution in [2.45, 2.75) is 39.0 Å². The van der Waals surface area contributed by atoms with Gasteiger partial charge < -0.3 is 10.6 Å². The lowest BCUT2D eigenvalue weighted by atomic mass is 10.0. The van der Waals surface area contributed by atoms with Gasteiger partial charge in [-0.1, -0.05) is 32.4 Å². The van der Waals surface area contributed by atoms with Gasteiger partial charge in [-0.2, -0.15) is 0 Å². The molecule has 0 radical (unpaired) electrons. The van der Waals surface area contributed by atoms with Crippen LogP contribution in [0.25, 0.3) is 0 Å². The summed E-state index contributed by atoms with van der Waals surface area (Å²) in [6.07, 6.45) is 3.13. The summed E-state index contributed by atoms with van der Waals surface area (Å²) in [5.41, 5.74) is 7.49. The van der Waals surface area contributed by atoms with Gasteiger partial charge in [-0.25, -0.2) is 0 Å². The molecule has 3 nitrogen and oxygen atoms in total. The highest BCUT2D eigenvalue weighted by molar-refractivity contribution is 5.94. The van der Waals surface area contributed by atoms with Crippen molar-refractivity contribution in [1.29, 1.82) is 0 Å². The number of nitrogens with two attached hydrogens (primary N) is 1. The number of amides is 1. The molecular formula is C16H26N2O. The van der Waals surface area contributed by atoms with Crippen molar-refractivity contribution >= 4 is 5.91 Å². The lowest BCUT2D eigenvalue weighted by Gasteiger charge is -2.17. The maximum absolute atomic E-state index is 12.2. The van der Waals surface area contributed by atoms with Gasteiger partial charge in [-0.05, 0) is 43.0 Å². The van der Waals surface area contributed by atoms with Crippen LogP contribution in [0.15, 0.2) is 24.3 Å². The van der Waals surface area contributed by atoms with Crippen molar-refractivity contribution in [3.63, 3.8) is 0 Å². The van der Waals surface area contributed by atoms with Gasteiger partial charge in [-0.3, -0.25) is 4.79 Å². The molecule has 0 saturated carbocycles. The van der Waals surface area contributed by atoms with Gasteiger partial charge in [0.15, 0.2) is 0 Å². The van der Waals surface area contributed by atoms with Crippen LogP contribution in [0.4, 0.5) is 0 Å². The molecule has 0 bridgehead atoms. The largest absolute Gasteiger partial charge is 0.342 e. The Kier molecular flexibility index (Phi) is 6.57. The monoisotopic (exact) mass is 262 g/mol. The van der Waals surface area contributed by atoms with E-state index < -0.39 is 0 Å². The summed E-state index contributed by atoms with van der Waals surface area (Å²) in [6, 6.07) is 7.93. The molecule has 1 amide bonds. The minimum atomic E-state index is 0.100. The minimum absolute atomic E-state index is 0.100. The topological polar surface area (TPSA) is 46.3 Å². The van der Waals surface area contributed by atoms with Crippen molar-refractivity contribution in [3.8, 4) is 0 Å². The number of carbonyl (C=O) groups excluding carboxylic acids is 1. The average molecular weight is 262 g/mol. The van der Waals surface area contributed by atoms with E-state index in [9.17, 15) is 4.79 Å². The van der Waals surface area contributed by atoms with Crippen LogP contribution in [0.3, 0.4) is 0 Å². The van der Waals surface area contributed by atoms with Gasteiger partial charge in [0, 0.05) is 19.2 Å². The van der Waals surface area contributed by atoms with Crippen molar-refractivity contribution in [3.05, 3.63) is 35.4 Å². The highest BCUT2D eigenvalue weighted by atomic mass is 16.2. The first-order valence-corrected chi connectivity index (χ1v) is 7.11. The highest BCUT2D eigenvalue weighted by Crippen LogP contribution is 2.15. The average Bonchev–Trinajstić information content (AvgIpc) is 2.42. The van der Waals surface area contributed by atoms with E-state index in [0.717, 1.165) is 37.9 Å².